The van der Waals surface area contributed by atoms with E-state index in [4.69, 9.17) is 14.0 Å². The van der Waals surface area contributed by atoms with Gasteiger partial charge in [0, 0.05) is 6.42 Å². The van der Waals surface area contributed by atoms with Crippen LogP contribution in [-0.2, 0) is 13.6 Å². The van der Waals surface area contributed by atoms with Gasteiger partial charge in [0.2, 0.25) is 0 Å². The summed E-state index contributed by atoms with van der Waals surface area (Å²) in [7, 11) is -4.81. The van der Waals surface area contributed by atoms with Crippen molar-refractivity contribution in [2.75, 3.05) is 0 Å². The maximum absolute atomic E-state index is 11.0. The first-order chi connectivity index (χ1) is 20.3. The van der Waals surface area contributed by atoms with Crippen molar-refractivity contribution in [1.82, 2.24) is 0 Å². The average Bonchev–Trinajstić information content (AvgIpc) is 3.18. The lowest BCUT2D eigenvalue weighted by molar-refractivity contribution is -0.137. The first kappa shape index (κ1) is 37.4. The average molecular weight is 663 g/mol. The standard InChI is InChI=1S/C36H62O5SSi2/c1-35(2,3)43(7,8)40-32-24-33(41-44(9,10)36(4,5)6)31(30(32)21-13-11-12-14-23-34(37)38)22-17-19-28-26-42(39)25-27-18-15-16-20-29(27)28/h15-16,18,20,25-26,30-33,39H,11-14,17,19,21-24H2,1-10H3,(H,37,38). The van der Waals surface area contributed by atoms with Gasteiger partial charge in [0.1, 0.15) is 0 Å². The normalized spacial score (nSPS) is 24.5. The molecule has 0 amide bonds. The Morgan fingerprint density at radius 3 is 1.91 bits per heavy atom. The van der Waals surface area contributed by atoms with E-state index in [1.54, 1.807) is 0 Å². The van der Waals surface area contributed by atoms with Crippen LogP contribution in [0.3, 0.4) is 0 Å². The van der Waals surface area contributed by atoms with Crippen molar-refractivity contribution in [3.8, 4) is 0 Å². The monoisotopic (exact) mass is 662 g/mol. The van der Waals surface area contributed by atoms with Gasteiger partial charge in [-0.2, -0.15) is 0 Å². The SMILES string of the molecule is CC(C)(C)[Si](C)(C)OC1CC(O[Si](C)(C)C(C)(C)C)C(CCCC2=c3ccccc3=CS(O)=C2)C1CCCCCCC(=O)O. The number of hydrogen-bond donors (Lipinski definition) is 2. The summed E-state index contributed by atoms with van der Waals surface area (Å²) in [6, 6.07) is 8.43. The van der Waals surface area contributed by atoms with E-state index in [9.17, 15) is 9.35 Å². The lowest BCUT2D eigenvalue weighted by Gasteiger charge is -2.40. The third kappa shape index (κ3) is 9.98. The molecule has 44 heavy (non-hydrogen) atoms. The summed E-state index contributed by atoms with van der Waals surface area (Å²) in [5.41, 5.74) is 1.26. The number of rotatable bonds is 15. The number of carboxylic acids is 1. The van der Waals surface area contributed by atoms with Gasteiger partial charge in [-0.25, -0.2) is 0 Å². The summed E-state index contributed by atoms with van der Waals surface area (Å²) in [6.07, 6.45) is 9.71. The fourth-order valence-corrected chi connectivity index (χ4v) is 10.1. The number of unbranched alkanes of at least 4 members (excludes halogenated alkanes) is 3. The predicted molar refractivity (Wildman–Crippen MR) is 195 cm³/mol. The van der Waals surface area contributed by atoms with Crippen LogP contribution >= 0.6 is 10.8 Å². The molecule has 8 heteroatoms. The molecule has 0 radical (unpaired) electrons. The van der Waals surface area contributed by atoms with Crippen LogP contribution in [0.2, 0.25) is 36.3 Å². The van der Waals surface area contributed by atoms with E-state index in [2.05, 4.69) is 91.3 Å². The molecule has 1 aromatic rings. The first-order valence-electron chi connectivity index (χ1n) is 17.0. The minimum absolute atomic E-state index is 0.139. The van der Waals surface area contributed by atoms with Crippen molar-refractivity contribution in [1.29, 1.82) is 0 Å². The Kier molecular flexibility index (Phi) is 13.0. The fourth-order valence-electron chi connectivity index (χ4n) is 6.31. The van der Waals surface area contributed by atoms with Crippen molar-refractivity contribution in [3.63, 3.8) is 0 Å². The smallest absolute Gasteiger partial charge is 0.303 e. The summed E-state index contributed by atoms with van der Waals surface area (Å²) in [4.78, 5) is 11.0. The summed E-state index contributed by atoms with van der Waals surface area (Å²) < 4.78 is 25.1. The van der Waals surface area contributed by atoms with Gasteiger partial charge < -0.3 is 18.5 Å². The number of benzene rings is 1. The van der Waals surface area contributed by atoms with Gasteiger partial charge >= 0.3 is 5.97 Å². The van der Waals surface area contributed by atoms with Crippen LogP contribution in [0.5, 0.6) is 0 Å². The molecule has 1 saturated carbocycles. The molecule has 0 spiro atoms. The van der Waals surface area contributed by atoms with Crippen LogP contribution < -0.4 is 10.4 Å². The van der Waals surface area contributed by atoms with Crippen molar-refractivity contribution in [2.24, 2.45) is 11.8 Å². The topological polar surface area (TPSA) is 76.0 Å². The predicted octanol–water partition coefficient (Wildman–Crippen LogP) is 9.15. The second kappa shape index (κ2) is 15.2. The maximum atomic E-state index is 11.0. The molecule has 5 atom stereocenters. The lowest BCUT2D eigenvalue weighted by Crippen LogP contribution is -2.45. The second-order valence-corrected chi connectivity index (χ2v) is 27.0. The molecule has 2 N–H and O–H groups in total. The zero-order chi connectivity index (χ0) is 32.9. The molecule has 1 aliphatic carbocycles. The van der Waals surface area contributed by atoms with Gasteiger partial charge in [0.05, 0.1) is 12.2 Å². The quantitative estimate of drug-likeness (QED) is 0.111. The Morgan fingerprint density at radius 2 is 1.36 bits per heavy atom. The zero-order valence-corrected chi connectivity index (χ0v) is 32.2. The fraction of sp³-hybridized carbons (Fsp3) is 0.722. The van der Waals surface area contributed by atoms with Crippen LogP contribution in [0.1, 0.15) is 106 Å². The van der Waals surface area contributed by atoms with Gasteiger partial charge in [0.25, 0.3) is 0 Å². The number of hydrogen-bond acceptors (Lipinski definition) is 4. The minimum Gasteiger partial charge on any atom is -0.481 e. The number of carbonyl (C=O) groups is 1. The van der Waals surface area contributed by atoms with Crippen LogP contribution in [0.25, 0.3) is 11.0 Å². The molecular formula is C36H62O5SSi2. The highest BCUT2D eigenvalue weighted by Gasteiger charge is 2.50. The van der Waals surface area contributed by atoms with Crippen LogP contribution in [0.15, 0.2) is 24.3 Å². The Balaban J connectivity index is 1.88. The molecule has 0 saturated heterocycles. The summed E-state index contributed by atoms with van der Waals surface area (Å²) in [6.45, 7) is 23.5. The van der Waals surface area contributed by atoms with Gasteiger partial charge in [-0.1, -0.05) is 85.1 Å². The maximum Gasteiger partial charge on any atom is 0.303 e. The Labute approximate surface area is 272 Å². The Bertz CT molecular complexity index is 1270. The molecule has 2 aliphatic rings. The van der Waals surface area contributed by atoms with Gasteiger partial charge in [-0.15, -0.1) is 0 Å². The van der Waals surface area contributed by atoms with Crippen molar-refractivity contribution < 1.29 is 23.3 Å². The van der Waals surface area contributed by atoms with E-state index >= 15 is 0 Å². The van der Waals surface area contributed by atoms with E-state index in [1.807, 2.05) is 11.5 Å². The van der Waals surface area contributed by atoms with Crippen LogP contribution in [-0.4, -0.2) is 49.8 Å². The number of carboxylic acid groups (broad SMARTS) is 1. The largest absolute Gasteiger partial charge is 0.481 e. The van der Waals surface area contributed by atoms with Crippen molar-refractivity contribution in [3.05, 3.63) is 34.7 Å². The van der Waals surface area contributed by atoms with Crippen molar-refractivity contribution >= 4 is 49.7 Å². The van der Waals surface area contributed by atoms with E-state index < -0.39 is 33.4 Å². The first-order valence-corrected chi connectivity index (χ1v) is 24.1. The summed E-state index contributed by atoms with van der Waals surface area (Å²) in [5.74, 6) is 0.166. The third-order valence-corrected chi connectivity index (χ3v) is 21.0. The molecule has 5 nitrogen and oxygen atoms in total. The van der Waals surface area contributed by atoms with E-state index in [0.717, 1.165) is 63.0 Å². The molecule has 0 aromatic heterocycles. The van der Waals surface area contributed by atoms with Crippen molar-refractivity contribution in [2.45, 2.75) is 154 Å². The van der Waals surface area contributed by atoms with Gasteiger partial charge in [-0.05, 0) is 124 Å². The zero-order valence-electron chi connectivity index (χ0n) is 29.4. The minimum atomic E-state index is -2.00. The van der Waals surface area contributed by atoms with Gasteiger partial charge in [0.15, 0.2) is 16.6 Å². The lowest BCUT2D eigenvalue weighted by atomic mass is 9.84. The summed E-state index contributed by atoms with van der Waals surface area (Å²) in [5, 5.41) is 15.8. The number of aliphatic carboxylic acids is 1. The highest BCUT2D eigenvalue weighted by atomic mass is 32.2. The highest BCUT2D eigenvalue weighted by Crippen LogP contribution is 2.49. The Hall–Kier alpha value is -1.04. The molecule has 1 aromatic carbocycles. The van der Waals surface area contributed by atoms with E-state index in [1.165, 1.54) is 10.8 Å². The summed E-state index contributed by atoms with van der Waals surface area (Å²) >= 11 is 0. The molecule has 1 aliphatic heterocycles. The number of fused-ring (bicyclic) bond motifs is 1. The molecule has 1 heterocycles. The van der Waals surface area contributed by atoms with E-state index in [-0.39, 0.29) is 28.7 Å². The highest BCUT2D eigenvalue weighted by molar-refractivity contribution is 8.17. The van der Waals surface area contributed by atoms with Crippen LogP contribution in [0.4, 0.5) is 0 Å². The molecule has 5 unspecified atom stereocenters. The van der Waals surface area contributed by atoms with Crippen LogP contribution in [0, 0.1) is 11.8 Å². The third-order valence-electron chi connectivity index (χ3n) is 11.0. The van der Waals surface area contributed by atoms with E-state index in [0.29, 0.717) is 11.8 Å². The second-order valence-electron chi connectivity index (χ2n) is 16.3. The Morgan fingerprint density at radius 1 is 0.841 bits per heavy atom. The molecule has 0 bridgehead atoms. The molecular weight excluding hydrogens is 601 g/mol. The molecule has 3 rings (SSSR count). The molecule has 250 valence electrons. The molecule has 1 fully saturated rings. The van der Waals surface area contributed by atoms with Gasteiger partial charge in [-0.3, -0.25) is 4.79 Å².